The van der Waals surface area contributed by atoms with Gasteiger partial charge in [0.2, 0.25) is 10.0 Å². The number of nitrogens with one attached hydrogen (secondary N) is 1. The van der Waals surface area contributed by atoms with Gasteiger partial charge in [0.15, 0.2) is 0 Å². The fourth-order valence-electron chi connectivity index (χ4n) is 0.849. The van der Waals surface area contributed by atoms with Gasteiger partial charge in [-0.1, -0.05) is 19.1 Å². The molecule has 0 aromatic carbocycles. The van der Waals surface area contributed by atoms with Crippen LogP contribution in [-0.4, -0.2) is 20.0 Å². The Morgan fingerprint density at radius 1 is 1.69 bits per heavy atom. The van der Waals surface area contributed by atoms with E-state index in [0.717, 1.165) is 15.1 Å². The van der Waals surface area contributed by atoms with Gasteiger partial charge in [-0.3, -0.25) is 0 Å². The number of hydrogen-bond acceptors (Lipinski definition) is 4. The van der Waals surface area contributed by atoms with E-state index in [1.165, 1.54) is 0 Å². The monoisotopic (exact) mass is 342 g/mol. The lowest BCUT2D eigenvalue weighted by atomic mass is 10.2. The molecule has 1 aromatic heterocycles. The highest BCUT2D eigenvalue weighted by Gasteiger charge is 2.17. The largest absolute Gasteiger partial charge is 0.393 e. The number of thiocarbonyl (C=S) groups is 1. The molecule has 0 aliphatic heterocycles. The second kappa shape index (κ2) is 5.54. The number of thiophene rings is 1. The molecule has 0 saturated heterocycles. The van der Waals surface area contributed by atoms with E-state index in [1.807, 2.05) is 0 Å². The molecule has 0 radical (unpaired) electrons. The molecule has 0 aliphatic rings. The van der Waals surface area contributed by atoms with Gasteiger partial charge in [0.1, 0.15) is 4.21 Å². The molecular formula is C8H11BrN2O2S3. The molecule has 0 bridgehead atoms. The van der Waals surface area contributed by atoms with Gasteiger partial charge in [0, 0.05) is 12.5 Å². The lowest BCUT2D eigenvalue weighted by molar-refractivity contribution is 0.577. The summed E-state index contributed by atoms with van der Waals surface area (Å²) >= 11 is 9.14. The Kier molecular flexibility index (Phi) is 4.87. The molecule has 90 valence electrons. The summed E-state index contributed by atoms with van der Waals surface area (Å²) in [5.74, 6) is -0.159. The fourth-order valence-corrected chi connectivity index (χ4v) is 4.12. The predicted molar refractivity (Wildman–Crippen MR) is 73.2 cm³/mol. The summed E-state index contributed by atoms with van der Waals surface area (Å²) in [6.45, 7) is 1.99. The zero-order valence-corrected chi connectivity index (χ0v) is 12.5. The minimum Gasteiger partial charge on any atom is -0.393 e. The predicted octanol–water partition coefficient (Wildman–Crippen LogP) is 1.71. The van der Waals surface area contributed by atoms with Crippen LogP contribution in [0.25, 0.3) is 0 Å². The van der Waals surface area contributed by atoms with Crippen molar-refractivity contribution in [2.75, 3.05) is 6.54 Å². The first-order valence-corrected chi connectivity index (χ1v) is 7.87. The lowest BCUT2D eigenvalue weighted by Crippen LogP contribution is -2.33. The number of halogens is 1. The molecule has 0 spiro atoms. The van der Waals surface area contributed by atoms with Crippen molar-refractivity contribution in [1.82, 2.24) is 4.72 Å². The Bertz CT molecular complexity index is 483. The van der Waals surface area contributed by atoms with Crippen molar-refractivity contribution in [3.05, 3.63) is 15.9 Å². The summed E-state index contributed by atoms with van der Waals surface area (Å²) in [7, 11) is -3.44. The summed E-state index contributed by atoms with van der Waals surface area (Å²) in [6.07, 6.45) is 0. The molecule has 1 rings (SSSR count). The van der Waals surface area contributed by atoms with Crippen LogP contribution in [0.15, 0.2) is 20.1 Å². The van der Waals surface area contributed by atoms with E-state index in [0.29, 0.717) is 4.99 Å². The van der Waals surface area contributed by atoms with E-state index < -0.39 is 10.0 Å². The molecule has 3 N–H and O–H groups in total. The van der Waals surface area contributed by atoms with Crippen molar-refractivity contribution in [3.8, 4) is 0 Å². The van der Waals surface area contributed by atoms with Crippen molar-refractivity contribution in [1.29, 1.82) is 0 Å². The molecule has 16 heavy (non-hydrogen) atoms. The SMILES string of the molecule is CC(CNS(=O)(=O)c1ccc(Br)s1)C(N)=S. The first-order valence-electron chi connectivity index (χ1n) is 4.37. The Hall–Kier alpha value is -0.0200. The van der Waals surface area contributed by atoms with E-state index in [-0.39, 0.29) is 16.7 Å². The van der Waals surface area contributed by atoms with Gasteiger partial charge in [0.05, 0.1) is 8.77 Å². The van der Waals surface area contributed by atoms with Crippen molar-refractivity contribution in [2.45, 2.75) is 11.1 Å². The zero-order chi connectivity index (χ0) is 12.3. The quantitative estimate of drug-likeness (QED) is 0.799. The van der Waals surface area contributed by atoms with Crippen LogP contribution < -0.4 is 10.5 Å². The van der Waals surface area contributed by atoms with Crippen molar-refractivity contribution >= 4 is 54.5 Å². The summed E-state index contributed by atoms with van der Waals surface area (Å²) in [4.78, 5) is 0.301. The zero-order valence-electron chi connectivity index (χ0n) is 8.44. The van der Waals surface area contributed by atoms with Crippen LogP contribution in [0.5, 0.6) is 0 Å². The molecule has 0 fully saturated rings. The second-order valence-corrected chi connectivity index (χ2v) is 8.14. The summed E-state index contributed by atoms with van der Waals surface area (Å²) in [5.41, 5.74) is 5.40. The van der Waals surface area contributed by atoms with Crippen molar-refractivity contribution < 1.29 is 8.42 Å². The first kappa shape index (κ1) is 14.0. The van der Waals surface area contributed by atoms with Gasteiger partial charge in [-0.05, 0) is 28.1 Å². The van der Waals surface area contributed by atoms with E-state index >= 15 is 0 Å². The maximum absolute atomic E-state index is 11.8. The van der Waals surface area contributed by atoms with Crippen molar-refractivity contribution in [2.24, 2.45) is 11.7 Å². The van der Waals surface area contributed by atoms with E-state index in [2.05, 4.69) is 20.7 Å². The van der Waals surface area contributed by atoms with Crippen LogP contribution in [0.4, 0.5) is 0 Å². The summed E-state index contributed by atoms with van der Waals surface area (Å²) in [5, 5.41) is 0. The number of sulfonamides is 1. The van der Waals surface area contributed by atoms with Crippen LogP contribution in [0.1, 0.15) is 6.92 Å². The maximum atomic E-state index is 11.8. The molecule has 8 heteroatoms. The highest BCUT2D eigenvalue weighted by Crippen LogP contribution is 2.25. The van der Waals surface area contributed by atoms with Gasteiger partial charge < -0.3 is 5.73 Å². The molecule has 1 atom stereocenters. The summed E-state index contributed by atoms with van der Waals surface area (Å²) < 4.78 is 27.0. The molecule has 0 saturated carbocycles. The molecular weight excluding hydrogens is 332 g/mol. The number of nitrogens with two attached hydrogens (primary N) is 1. The highest BCUT2D eigenvalue weighted by molar-refractivity contribution is 9.11. The standard InChI is InChI=1S/C8H11BrN2O2S3/c1-5(8(10)14)4-11-16(12,13)7-3-2-6(9)15-7/h2-3,5,11H,4H2,1H3,(H2,10,14). The molecule has 0 aliphatic carbocycles. The number of rotatable bonds is 5. The van der Waals surface area contributed by atoms with Gasteiger partial charge >= 0.3 is 0 Å². The molecule has 1 heterocycles. The van der Waals surface area contributed by atoms with E-state index in [9.17, 15) is 8.42 Å². The van der Waals surface area contributed by atoms with E-state index in [1.54, 1.807) is 19.1 Å². The maximum Gasteiger partial charge on any atom is 0.250 e. The Labute approximate surface area is 112 Å². The molecule has 0 amide bonds. The minimum atomic E-state index is -3.44. The third kappa shape index (κ3) is 3.77. The normalized spacial score (nSPS) is 13.6. The van der Waals surface area contributed by atoms with Crippen LogP contribution in [0.2, 0.25) is 0 Å². The van der Waals surface area contributed by atoms with Gasteiger partial charge in [0.25, 0.3) is 0 Å². The topological polar surface area (TPSA) is 72.2 Å². The van der Waals surface area contributed by atoms with Crippen LogP contribution in [0.3, 0.4) is 0 Å². The Morgan fingerprint density at radius 2 is 2.31 bits per heavy atom. The van der Waals surface area contributed by atoms with Gasteiger partial charge in [-0.25, -0.2) is 13.1 Å². The van der Waals surface area contributed by atoms with Crippen molar-refractivity contribution in [3.63, 3.8) is 0 Å². The highest BCUT2D eigenvalue weighted by atomic mass is 79.9. The van der Waals surface area contributed by atoms with Gasteiger partial charge in [-0.15, -0.1) is 11.3 Å². The third-order valence-electron chi connectivity index (χ3n) is 1.88. The van der Waals surface area contributed by atoms with E-state index in [4.69, 9.17) is 18.0 Å². The molecule has 4 nitrogen and oxygen atoms in total. The average Bonchev–Trinajstić information content (AvgIpc) is 2.61. The third-order valence-corrected chi connectivity index (χ3v) is 5.82. The average molecular weight is 343 g/mol. The molecule has 1 aromatic rings. The van der Waals surface area contributed by atoms with Crippen LogP contribution in [-0.2, 0) is 10.0 Å². The Balaban J connectivity index is 2.70. The van der Waals surface area contributed by atoms with Crippen LogP contribution in [0, 0.1) is 5.92 Å². The molecule has 1 unspecified atom stereocenters. The van der Waals surface area contributed by atoms with Gasteiger partial charge in [-0.2, -0.15) is 0 Å². The summed E-state index contributed by atoms with van der Waals surface area (Å²) in [6, 6.07) is 3.23. The smallest absolute Gasteiger partial charge is 0.250 e. The fraction of sp³-hybridized carbons (Fsp3) is 0.375. The van der Waals surface area contributed by atoms with Crippen LogP contribution >= 0.6 is 39.5 Å². The number of hydrogen-bond donors (Lipinski definition) is 2. The second-order valence-electron chi connectivity index (χ2n) is 3.21. The lowest BCUT2D eigenvalue weighted by Gasteiger charge is -2.10. The Morgan fingerprint density at radius 3 is 2.75 bits per heavy atom. The minimum absolute atomic E-state index is 0.159. The first-order chi connectivity index (χ1) is 7.33.